The Hall–Kier alpha value is -2.95. The minimum Gasteiger partial charge on any atom is -0.534 e. The number of aliphatic hydroxyl groups excluding tert-OH is 2. The molecule has 2 N–H and O–H groups in total. The summed E-state index contributed by atoms with van der Waals surface area (Å²) in [6, 6.07) is 19.9. The number of aliphatic hydroxyl groups is 2. The Morgan fingerprint density at radius 2 is 1.68 bits per heavy atom. The molecule has 1 unspecified atom stereocenters. The first kappa shape index (κ1) is 24.2. The molecule has 1 fully saturated rings. The van der Waals surface area contributed by atoms with Crippen LogP contribution in [-0.2, 0) is 0 Å². The molecule has 2 aromatic carbocycles. The van der Waals surface area contributed by atoms with Gasteiger partial charge in [0.05, 0.1) is 0 Å². The summed E-state index contributed by atoms with van der Waals surface area (Å²) in [7, 11) is 0. The number of benzene rings is 2. The zero-order valence-electron chi connectivity index (χ0n) is 20.4. The molecule has 4 heteroatoms. The topological polar surface area (TPSA) is 46.9 Å². The molecule has 1 aliphatic carbocycles. The third kappa shape index (κ3) is 5.75. The summed E-state index contributed by atoms with van der Waals surface area (Å²) >= 11 is 0. The van der Waals surface area contributed by atoms with Crippen LogP contribution in [0.4, 0.5) is 5.69 Å². The third-order valence-electron chi connectivity index (χ3n) is 6.89. The number of rotatable bonds is 8. The van der Waals surface area contributed by atoms with Crippen molar-refractivity contribution in [3.63, 3.8) is 0 Å². The van der Waals surface area contributed by atoms with Gasteiger partial charge in [-0.05, 0) is 61.1 Å². The lowest BCUT2D eigenvalue weighted by molar-refractivity contribution is 0.209. The minimum atomic E-state index is -0.0284. The highest BCUT2D eigenvalue weighted by atomic mass is 16.3. The smallest absolute Gasteiger partial charge is 0.0434 e. The summed E-state index contributed by atoms with van der Waals surface area (Å²) in [5.41, 5.74) is 5.98. The highest BCUT2D eigenvalue weighted by Gasteiger charge is 2.20. The van der Waals surface area contributed by atoms with Crippen molar-refractivity contribution in [2.75, 3.05) is 37.7 Å². The number of nitrogens with zero attached hydrogens (tertiary/aromatic N) is 2. The number of piperazine rings is 1. The maximum atomic E-state index is 10.3. The normalized spacial score (nSPS) is 19.6. The Bertz CT molecular complexity index is 1010. The third-order valence-corrected chi connectivity index (χ3v) is 6.89. The fourth-order valence-electron chi connectivity index (χ4n) is 4.99. The first-order valence-corrected chi connectivity index (χ1v) is 12.5. The minimum absolute atomic E-state index is 0.0284. The van der Waals surface area contributed by atoms with Gasteiger partial charge in [0.1, 0.15) is 0 Å². The maximum absolute atomic E-state index is 10.3. The van der Waals surface area contributed by atoms with E-state index in [2.05, 4.69) is 78.3 Å². The van der Waals surface area contributed by atoms with Gasteiger partial charge in [0, 0.05) is 50.3 Å². The van der Waals surface area contributed by atoms with Crippen molar-refractivity contribution < 1.29 is 10.2 Å². The second kappa shape index (κ2) is 11.5. The molecule has 1 saturated heterocycles. The molecular formula is C30H37N2O2-. The van der Waals surface area contributed by atoms with E-state index in [1.165, 1.54) is 16.8 Å². The van der Waals surface area contributed by atoms with Gasteiger partial charge < -0.3 is 15.1 Å². The molecule has 0 aromatic heterocycles. The van der Waals surface area contributed by atoms with Gasteiger partial charge in [-0.2, -0.15) is 12.2 Å². The van der Waals surface area contributed by atoms with E-state index in [9.17, 15) is 10.2 Å². The van der Waals surface area contributed by atoms with Crippen molar-refractivity contribution in [1.29, 1.82) is 0 Å². The lowest BCUT2D eigenvalue weighted by Crippen LogP contribution is -2.48. The summed E-state index contributed by atoms with van der Waals surface area (Å²) in [4.78, 5) is 5.00. The zero-order valence-corrected chi connectivity index (χ0v) is 20.4. The van der Waals surface area contributed by atoms with Gasteiger partial charge in [-0.15, -0.1) is 12.5 Å². The SMILES string of the molecule is CC(C)N1CCN(c2ccc(/C(=C(/CCCO)c3ccccc3)C3C=C[CH-]C(O)=C3)cc2)CC1. The zero-order chi connectivity index (χ0) is 23.9. The molecule has 2 aliphatic rings. The molecule has 34 heavy (non-hydrogen) atoms. The summed E-state index contributed by atoms with van der Waals surface area (Å²) in [5.74, 6) is 0.263. The van der Waals surface area contributed by atoms with Crippen LogP contribution in [-0.4, -0.2) is 53.9 Å². The van der Waals surface area contributed by atoms with E-state index in [0.717, 1.165) is 43.7 Å². The van der Waals surface area contributed by atoms with Crippen LogP contribution in [0.25, 0.3) is 11.1 Å². The summed E-state index contributed by atoms with van der Waals surface area (Å²) in [6.45, 7) is 8.97. The molecule has 1 atom stereocenters. The van der Waals surface area contributed by atoms with Gasteiger partial charge in [0.2, 0.25) is 0 Å². The average Bonchev–Trinajstić information content (AvgIpc) is 2.87. The van der Waals surface area contributed by atoms with Gasteiger partial charge >= 0.3 is 0 Å². The predicted octanol–water partition coefficient (Wildman–Crippen LogP) is 5.73. The molecule has 2 aromatic rings. The summed E-state index contributed by atoms with van der Waals surface area (Å²) in [5, 5.41) is 19.9. The van der Waals surface area contributed by atoms with Crippen molar-refractivity contribution in [3.05, 3.63) is 96.1 Å². The highest BCUT2D eigenvalue weighted by Crippen LogP contribution is 2.39. The van der Waals surface area contributed by atoms with Crippen LogP contribution in [0.5, 0.6) is 0 Å². The van der Waals surface area contributed by atoms with Crippen molar-refractivity contribution in [1.82, 2.24) is 4.90 Å². The van der Waals surface area contributed by atoms with E-state index in [0.29, 0.717) is 18.2 Å². The van der Waals surface area contributed by atoms with Crippen molar-refractivity contribution >= 4 is 16.8 Å². The molecule has 1 heterocycles. The van der Waals surface area contributed by atoms with Gasteiger partial charge in [0.25, 0.3) is 0 Å². The highest BCUT2D eigenvalue weighted by molar-refractivity contribution is 5.93. The average molecular weight is 458 g/mol. The van der Waals surface area contributed by atoms with Gasteiger partial charge in [0.15, 0.2) is 0 Å². The van der Waals surface area contributed by atoms with Gasteiger partial charge in [-0.3, -0.25) is 4.90 Å². The van der Waals surface area contributed by atoms with Crippen LogP contribution in [0.3, 0.4) is 0 Å². The molecule has 0 spiro atoms. The Labute approximate surface area is 204 Å². The van der Waals surface area contributed by atoms with Crippen molar-refractivity contribution in [3.8, 4) is 0 Å². The molecule has 0 saturated carbocycles. The number of allylic oxidation sites excluding steroid dienone is 5. The van der Waals surface area contributed by atoms with E-state index < -0.39 is 0 Å². The molecular weight excluding hydrogens is 420 g/mol. The molecule has 0 bridgehead atoms. The quantitative estimate of drug-likeness (QED) is 0.392. The second-order valence-corrected chi connectivity index (χ2v) is 9.42. The molecule has 4 rings (SSSR count). The lowest BCUT2D eigenvalue weighted by Gasteiger charge is -2.38. The molecule has 1 aliphatic heterocycles. The Kier molecular flexibility index (Phi) is 8.15. The summed E-state index contributed by atoms with van der Waals surface area (Å²) in [6.07, 6.45) is 9.18. The first-order chi connectivity index (χ1) is 16.6. The fraction of sp³-hybridized carbons (Fsp3) is 0.367. The molecule has 180 valence electrons. The van der Waals surface area contributed by atoms with E-state index in [1.807, 2.05) is 18.2 Å². The number of hydrogen-bond donors (Lipinski definition) is 2. The summed E-state index contributed by atoms with van der Waals surface area (Å²) < 4.78 is 0. The van der Waals surface area contributed by atoms with Crippen LogP contribution in [0, 0.1) is 12.3 Å². The Balaban J connectivity index is 1.70. The monoisotopic (exact) mass is 457 g/mol. The van der Waals surface area contributed by atoms with Crippen molar-refractivity contribution in [2.24, 2.45) is 5.92 Å². The van der Waals surface area contributed by atoms with Crippen LogP contribution in [0.15, 0.2) is 78.6 Å². The number of hydrogen-bond acceptors (Lipinski definition) is 4. The lowest BCUT2D eigenvalue weighted by atomic mass is 9.82. The molecule has 0 radical (unpaired) electrons. The predicted molar refractivity (Wildman–Crippen MR) is 143 cm³/mol. The second-order valence-electron chi connectivity index (χ2n) is 9.42. The molecule has 0 amide bonds. The van der Waals surface area contributed by atoms with E-state index in [-0.39, 0.29) is 12.5 Å². The van der Waals surface area contributed by atoms with E-state index in [1.54, 1.807) is 6.42 Å². The maximum Gasteiger partial charge on any atom is 0.0434 e. The Morgan fingerprint density at radius 3 is 2.29 bits per heavy atom. The van der Waals surface area contributed by atoms with Crippen molar-refractivity contribution in [2.45, 2.75) is 32.7 Å². The van der Waals surface area contributed by atoms with E-state index in [4.69, 9.17) is 0 Å². The van der Waals surface area contributed by atoms with Gasteiger partial charge in [-0.25, -0.2) is 0 Å². The Morgan fingerprint density at radius 1 is 0.971 bits per heavy atom. The van der Waals surface area contributed by atoms with Crippen LogP contribution in [0.1, 0.15) is 37.8 Å². The fourth-order valence-corrected chi connectivity index (χ4v) is 4.99. The number of anilines is 1. The van der Waals surface area contributed by atoms with Crippen LogP contribution < -0.4 is 4.90 Å². The largest absolute Gasteiger partial charge is 0.534 e. The van der Waals surface area contributed by atoms with E-state index >= 15 is 0 Å². The van der Waals surface area contributed by atoms with Crippen LogP contribution in [0.2, 0.25) is 0 Å². The molecule has 4 nitrogen and oxygen atoms in total. The van der Waals surface area contributed by atoms with Gasteiger partial charge in [-0.1, -0.05) is 48.4 Å². The van der Waals surface area contributed by atoms with Crippen LogP contribution >= 0.6 is 0 Å². The standard InChI is InChI=1S/C30H37N2O2/c1-23(2)31-17-19-32(20-18-31)27-15-13-25(14-16-27)30(26-10-6-11-28(34)22-26)29(12-7-21-33)24-8-4-3-5-9-24/h3-6,8-11,13-16,22-23,26,33-34H,7,12,17-21H2,1-2H3/q-1/b30-29+. The first-order valence-electron chi connectivity index (χ1n) is 12.5.